The minimum atomic E-state index is -1.18. The van der Waals surface area contributed by atoms with Crippen LogP contribution in [0.25, 0.3) is 10.9 Å². The number of carbonyl (C=O) groups is 4. The number of aliphatic carboxylic acids is 1. The highest BCUT2D eigenvalue weighted by Crippen LogP contribution is 2.21. The van der Waals surface area contributed by atoms with Crippen molar-refractivity contribution in [2.24, 2.45) is 11.5 Å². The first-order valence-corrected chi connectivity index (χ1v) is 14.8. The normalized spacial score (nSPS) is 17.5. The highest BCUT2D eigenvalue weighted by Gasteiger charge is 2.37. The maximum atomic E-state index is 13.3. The summed E-state index contributed by atoms with van der Waals surface area (Å²) in [6.07, 6.45) is 7.16. The largest absolute Gasteiger partial charge is 0.480 e. The number of carboxylic acids is 1. The van der Waals surface area contributed by atoms with E-state index in [2.05, 4.69) is 15.6 Å². The van der Waals surface area contributed by atoms with Crippen molar-refractivity contribution in [3.05, 3.63) is 36.0 Å². The average molecular weight is 561 g/mol. The van der Waals surface area contributed by atoms with Gasteiger partial charge in [-0.25, -0.2) is 4.79 Å². The standard InChI is InChI=1S/C27H40N6O5S/c1-39-14-11-21(31-25(35)23-10-6-13-33(23)26(36)19(29)8-4-5-12-28)24(34)32-22(27(37)38)15-17-16-30-20-9-3-2-7-18(17)20/h2-3,7,9,16,19,21-23,30H,4-6,8,10-15,28-29H2,1H3,(H,31,35)(H,32,34)(H,37,38). The number of hydrogen-bond acceptors (Lipinski definition) is 7. The van der Waals surface area contributed by atoms with Gasteiger partial charge in [-0.1, -0.05) is 24.6 Å². The molecule has 0 spiro atoms. The minimum Gasteiger partial charge on any atom is -0.480 e. The maximum Gasteiger partial charge on any atom is 0.326 e. The van der Waals surface area contributed by atoms with Crippen LogP contribution in [-0.4, -0.2) is 87.9 Å². The number of fused-ring (bicyclic) bond motifs is 1. The van der Waals surface area contributed by atoms with E-state index in [0.29, 0.717) is 44.5 Å². The van der Waals surface area contributed by atoms with Gasteiger partial charge in [0.1, 0.15) is 18.1 Å². The second-order valence-electron chi connectivity index (χ2n) is 9.89. The second-order valence-corrected chi connectivity index (χ2v) is 10.9. The van der Waals surface area contributed by atoms with Crippen LogP contribution in [0.5, 0.6) is 0 Å². The van der Waals surface area contributed by atoms with Gasteiger partial charge in [0.2, 0.25) is 17.7 Å². The van der Waals surface area contributed by atoms with Gasteiger partial charge in [-0.3, -0.25) is 14.4 Å². The number of carboxylic acid groups (broad SMARTS) is 1. The van der Waals surface area contributed by atoms with E-state index in [1.807, 2.05) is 30.5 Å². The summed E-state index contributed by atoms with van der Waals surface area (Å²) in [4.78, 5) is 56.2. The number of aromatic nitrogens is 1. The molecule has 4 atom stereocenters. The van der Waals surface area contributed by atoms with Crippen molar-refractivity contribution in [2.45, 2.75) is 69.1 Å². The fraction of sp³-hybridized carbons (Fsp3) is 0.556. The summed E-state index contributed by atoms with van der Waals surface area (Å²) in [6, 6.07) is 3.99. The molecule has 39 heavy (non-hydrogen) atoms. The van der Waals surface area contributed by atoms with Crippen LogP contribution in [0, 0.1) is 0 Å². The number of unbranched alkanes of at least 4 members (excludes halogenated alkanes) is 1. The molecule has 12 heteroatoms. The van der Waals surface area contributed by atoms with Gasteiger partial charge in [0, 0.05) is 30.1 Å². The predicted octanol–water partition coefficient (Wildman–Crippen LogP) is 0.965. The summed E-state index contributed by atoms with van der Waals surface area (Å²) in [5.41, 5.74) is 13.3. The molecule has 4 unspecified atom stereocenters. The van der Waals surface area contributed by atoms with Gasteiger partial charge in [-0.2, -0.15) is 11.8 Å². The quantitative estimate of drug-likeness (QED) is 0.174. The molecule has 1 aliphatic rings. The lowest BCUT2D eigenvalue weighted by Gasteiger charge is -2.28. The summed E-state index contributed by atoms with van der Waals surface area (Å²) >= 11 is 1.51. The van der Waals surface area contributed by atoms with Crippen molar-refractivity contribution in [1.82, 2.24) is 20.5 Å². The number of para-hydroxylation sites is 1. The maximum absolute atomic E-state index is 13.3. The molecule has 1 saturated heterocycles. The van der Waals surface area contributed by atoms with Crippen LogP contribution >= 0.6 is 11.8 Å². The Morgan fingerprint density at radius 1 is 1.15 bits per heavy atom. The van der Waals surface area contributed by atoms with E-state index in [0.717, 1.165) is 29.3 Å². The first-order valence-electron chi connectivity index (χ1n) is 13.4. The molecule has 1 aromatic carbocycles. The Morgan fingerprint density at radius 2 is 1.92 bits per heavy atom. The second kappa shape index (κ2) is 14.9. The third kappa shape index (κ3) is 8.20. The molecular weight excluding hydrogens is 520 g/mol. The zero-order valence-electron chi connectivity index (χ0n) is 22.4. The number of hydrogen-bond donors (Lipinski definition) is 6. The molecule has 8 N–H and O–H groups in total. The van der Waals surface area contributed by atoms with Gasteiger partial charge >= 0.3 is 5.97 Å². The van der Waals surface area contributed by atoms with Crippen LogP contribution in [-0.2, 0) is 25.6 Å². The third-order valence-electron chi connectivity index (χ3n) is 7.08. The molecule has 0 bridgehead atoms. The number of thioether (sulfide) groups is 1. The number of nitrogens with zero attached hydrogens (tertiary/aromatic N) is 1. The number of aromatic amines is 1. The molecule has 214 valence electrons. The minimum absolute atomic E-state index is 0.0846. The topological polar surface area (TPSA) is 184 Å². The monoisotopic (exact) mass is 560 g/mol. The molecule has 1 fully saturated rings. The number of benzene rings is 1. The van der Waals surface area contributed by atoms with E-state index in [1.54, 1.807) is 6.20 Å². The summed E-state index contributed by atoms with van der Waals surface area (Å²) in [6.45, 7) is 0.953. The molecule has 0 radical (unpaired) electrons. The van der Waals surface area contributed by atoms with Crippen LogP contribution in [0.3, 0.4) is 0 Å². The van der Waals surface area contributed by atoms with Crippen molar-refractivity contribution >= 4 is 46.4 Å². The number of carbonyl (C=O) groups excluding carboxylic acids is 3. The first kappa shape index (κ1) is 30.5. The molecule has 2 heterocycles. The predicted molar refractivity (Wildman–Crippen MR) is 152 cm³/mol. The first-order chi connectivity index (χ1) is 18.8. The number of rotatable bonds is 15. The fourth-order valence-corrected chi connectivity index (χ4v) is 5.38. The van der Waals surface area contributed by atoms with Crippen LogP contribution in [0.2, 0.25) is 0 Å². The van der Waals surface area contributed by atoms with Crippen LogP contribution in [0.15, 0.2) is 30.5 Å². The Labute approximate surface area is 232 Å². The van der Waals surface area contributed by atoms with Crippen molar-refractivity contribution < 1.29 is 24.3 Å². The SMILES string of the molecule is CSCCC(NC(=O)C1CCCN1C(=O)C(N)CCCCN)C(=O)NC(Cc1c[nH]c2ccccc12)C(=O)O. The van der Waals surface area contributed by atoms with Crippen molar-refractivity contribution in [1.29, 1.82) is 0 Å². The molecule has 2 aromatic rings. The van der Waals surface area contributed by atoms with Crippen LogP contribution < -0.4 is 22.1 Å². The lowest BCUT2D eigenvalue weighted by molar-refractivity contribution is -0.143. The van der Waals surface area contributed by atoms with Gasteiger partial charge in [-0.15, -0.1) is 0 Å². The zero-order chi connectivity index (χ0) is 28.4. The lowest BCUT2D eigenvalue weighted by Crippen LogP contribution is -2.57. The smallest absolute Gasteiger partial charge is 0.326 e. The number of nitrogens with one attached hydrogen (secondary N) is 3. The molecule has 3 amide bonds. The number of nitrogens with two attached hydrogens (primary N) is 2. The Kier molecular flexibility index (Phi) is 11.6. The van der Waals surface area contributed by atoms with Gasteiger partial charge in [0.15, 0.2) is 0 Å². The Hall–Kier alpha value is -3.09. The summed E-state index contributed by atoms with van der Waals surface area (Å²) in [5, 5.41) is 16.1. The average Bonchev–Trinajstić information content (AvgIpc) is 3.58. The lowest BCUT2D eigenvalue weighted by atomic mass is 10.0. The van der Waals surface area contributed by atoms with E-state index in [-0.39, 0.29) is 12.3 Å². The van der Waals surface area contributed by atoms with Crippen molar-refractivity contribution in [3.63, 3.8) is 0 Å². The number of likely N-dealkylation sites (tertiary alicyclic amines) is 1. The molecule has 11 nitrogen and oxygen atoms in total. The van der Waals surface area contributed by atoms with Crippen molar-refractivity contribution in [3.8, 4) is 0 Å². The van der Waals surface area contributed by atoms with E-state index < -0.39 is 42.0 Å². The molecule has 3 rings (SSSR count). The van der Waals surface area contributed by atoms with Gasteiger partial charge in [-0.05, 0) is 62.3 Å². The number of amides is 3. The van der Waals surface area contributed by atoms with E-state index in [1.165, 1.54) is 16.7 Å². The van der Waals surface area contributed by atoms with Gasteiger partial charge in [0.05, 0.1) is 6.04 Å². The van der Waals surface area contributed by atoms with Gasteiger partial charge in [0.25, 0.3) is 0 Å². The van der Waals surface area contributed by atoms with Crippen LogP contribution in [0.1, 0.15) is 44.1 Å². The third-order valence-corrected chi connectivity index (χ3v) is 7.73. The van der Waals surface area contributed by atoms with E-state index >= 15 is 0 Å². The Morgan fingerprint density at radius 3 is 2.64 bits per heavy atom. The molecule has 0 saturated carbocycles. The zero-order valence-corrected chi connectivity index (χ0v) is 23.2. The van der Waals surface area contributed by atoms with Gasteiger partial charge < -0.3 is 37.1 Å². The fourth-order valence-electron chi connectivity index (χ4n) is 4.91. The van der Waals surface area contributed by atoms with E-state index in [9.17, 15) is 24.3 Å². The van der Waals surface area contributed by atoms with E-state index in [4.69, 9.17) is 11.5 Å². The summed E-state index contributed by atoms with van der Waals surface area (Å²) in [7, 11) is 0. The molecular formula is C27H40N6O5S. The molecule has 0 aliphatic carbocycles. The van der Waals surface area contributed by atoms with Crippen molar-refractivity contribution in [2.75, 3.05) is 25.1 Å². The highest BCUT2D eigenvalue weighted by atomic mass is 32.2. The summed E-state index contributed by atoms with van der Waals surface area (Å²) in [5.74, 6) is -1.87. The highest BCUT2D eigenvalue weighted by molar-refractivity contribution is 7.98. The summed E-state index contributed by atoms with van der Waals surface area (Å²) < 4.78 is 0. The molecule has 1 aromatic heterocycles. The molecule has 1 aliphatic heterocycles. The Bertz CT molecular complexity index is 1140. The van der Waals surface area contributed by atoms with Crippen LogP contribution in [0.4, 0.5) is 0 Å². The Balaban J connectivity index is 1.67. The number of H-pyrrole nitrogens is 1.